The predicted octanol–water partition coefficient (Wildman–Crippen LogP) is -8.98. The van der Waals surface area contributed by atoms with E-state index in [9.17, 15) is 67.8 Å². The van der Waals surface area contributed by atoms with Gasteiger partial charge in [0.1, 0.15) is 36.3 Å². The number of phosphoric ester groups is 3. The number of amides is 2. The fourth-order valence-corrected chi connectivity index (χ4v) is 8.63. The van der Waals surface area contributed by atoms with Crippen LogP contribution in [0.2, 0.25) is 0 Å². The first kappa shape index (κ1) is 57.0. The molecule has 0 spiro atoms. The number of aliphatic carboxylic acids is 1. The summed E-state index contributed by atoms with van der Waals surface area (Å²) in [5, 5.41) is 44.3. The van der Waals surface area contributed by atoms with Crippen molar-refractivity contribution in [2.45, 2.75) is 76.3 Å². The Balaban J connectivity index is 0.00000900. The molecule has 0 aliphatic carbocycles. The second-order valence-electron chi connectivity index (χ2n) is 13.5. The number of carboxylic acid groups (broad SMARTS) is 1. The summed E-state index contributed by atoms with van der Waals surface area (Å²) in [7, 11) is -17.1. The maximum atomic E-state index is 12.5. The molecular weight excluding hydrogens is 913 g/mol. The van der Waals surface area contributed by atoms with Crippen molar-refractivity contribution in [3.8, 4) is 0 Å². The van der Waals surface area contributed by atoms with Crippen LogP contribution < -0.4 is 85.3 Å². The first-order valence-electron chi connectivity index (χ1n) is 16.6. The van der Waals surface area contributed by atoms with Gasteiger partial charge in [0.15, 0.2) is 22.8 Å². The molecule has 2 aromatic heterocycles. The number of carbonyl (C=O) groups is 4. The molecule has 1 aliphatic rings. The molecule has 2 amide bonds. The van der Waals surface area contributed by atoms with Crippen LogP contribution >= 0.6 is 35.2 Å². The molecule has 27 nitrogen and oxygen atoms in total. The minimum atomic E-state index is -5.91. The largest absolute Gasteiger partial charge is 1.00 e. The molecule has 0 aromatic carbocycles. The zero-order valence-electron chi connectivity index (χ0n) is 32.7. The Morgan fingerprint density at radius 2 is 1.67 bits per heavy atom. The summed E-state index contributed by atoms with van der Waals surface area (Å²) in [4.78, 5) is 103. The Labute approximate surface area is 389 Å². The van der Waals surface area contributed by atoms with E-state index in [1.54, 1.807) is 0 Å². The number of fused-ring (bicyclic) bond motifs is 1. The van der Waals surface area contributed by atoms with Crippen molar-refractivity contribution in [1.82, 2.24) is 30.2 Å². The number of rotatable bonds is 23. The smallest absolute Gasteiger partial charge is 0.756 e. The predicted molar refractivity (Wildman–Crippen MR) is 190 cm³/mol. The Morgan fingerprint density at radius 3 is 2.28 bits per heavy atom. The topological polar surface area (TPSA) is 427 Å². The summed E-state index contributed by atoms with van der Waals surface area (Å²) < 4.78 is 61.0. The van der Waals surface area contributed by atoms with Gasteiger partial charge in [-0.3, -0.25) is 37.4 Å². The van der Waals surface area contributed by atoms with Crippen LogP contribution in [0.15, 0.2) is 12.7 Å². The van der Waals surface area contributed by atoms with Gasteiger partial charge in [-0.1, -0.05) is 25.6 Å². The molecule has 2 aromatic rings. The van der Waals surface area contributed by atoms with Crippen molar-refractivity contribution < 1.29 is 155 Å². The summed E-state index contributed by atoms with van der Waals surface area (Å²) in [6.45, 7) is 0.987. The maximum absolute atomic E-state index is 12.5. The molecule has 8 atom stereocenters. The van der Waals surface area contributed by atoms with Crippen LogP contribution in [0, 0.1) is 5.41 Å². The Hall–Kier alpha value is -1.01. The summed E-state index contributed by atoms with van der Waals surface area (Å²) >= 11 is 0.763. The number of nitrogens with zero attached hydrogens (tertiary/aromatic N) is 4. The summed E-state index contributed by atoms with van der Waals surface area (Å²) in [5.41, 5.74) is 2.33. The molecule has 60 heavy (non-hydrogen) atoms. The molecule has 1 aliphatic heterocycles. The van der Waals surface area contributed by atoms with E-state index in [0.717, 1.165) is 29.0 Å². The monoisotopic (exact) mass is 955 g/mol. The number of ether oxygens (including phenoxy) is 1. The Morgan fingerprint density at radius 1 is 1.03 bits per heavy atom. The van der Waals surface area contributed by atoms with E-state index in [-0.39, 0.29) is 101 Å². The Bertz CT molecular complexity index is 1960. The van der Waals surface area contributed by atoms with Crippen LogP contribution in [0.5, 0.6) is 0 Å². The quantitative estimate of drug-likeness (QED) is 0.0284. The molecule has 10 N–H and O–H groups in total. The number of phosphoric acid groups is 3. The van der Waals surface area contributed by atoms with Gasteiger partial charge in [0, 0.05) is 37.1 Å². The van der Waals surface area contributed by atoms with E-state index in [0.29, 0.717) is 0 Å². The van der Waals surface area contributed by atoms with Crippen molar-refractivity contribution in [3.05, 3.63) is 12.7 Å². The van der Waals surface area contributed by atoms with Crippen LogP contribution in [0.4, 0.5) is 5.82 Å². The van der Waals surface area contributed by atoms with Crippen LogP contribution in [-0.4, -0.2) is 135 Å². The minimum Gasteiger partial charge on any atom is -0.756 e. The van der Waals surface area contributed by atoms with Crippen molar-refractivity contribution in [1.29, 1.82) is 0 Å². The molecule has 33 heteroatoms. The number of nitrogens with one attached hydrogen (secondary N) is 2. The standard InChI is InChI=1S/C27H44N7O20P3S.2Na/c1-26(2,21(40)24(41)30-5-4-15(35)29-6-7-58-17(38)9-27(3,42)8-16(36)37)11-51-57(48,49)54-56(46,47)50-10-14-20(53-55(43,44)45)19(39)25(52-14)34-13-33-18-22(28)31-12-32-23(18)34;;/h12-14,19-21,25,39-40,42H,4-11H2,1-3H3,(H,29,35)(H,30,41)(H,36,37)(H,46,47)(H,48,49)(H2,28,31,32)(H2,43,44,45);;/q;2*+1/p-2/t14-,19-,20-,21+,25-,27?;;/m1../s1. The average Bonchev–Trinajstić information content (AvgIpc) is 3.63. The van der Waals surface area contributed by atoms with Crippen molar-refractivity contribution in [2.24, 2.45) is 5.41 Å². The number of aliphatic hydroxyl groups is 3. The number of hydrogen-bond acceptors (Lipinski definition) is 22. The average molecular weight is 956 g/mol. The molecule has 0 radical (unpaired) electrons. The molecule has 3 rings (SSSR count). The van der Waals surface area contributed by atoms with Gasteiger partial charge in [0.25, 0.3) is 15.6 Å². The SMILES string of the molecule is CC(O)(CC(=O)O)CC(=O)SCCNC(=O)CCNC(=O)[C@H](O)C(C)(C)COP(=O)([O-])OP(=O)([O-])OC[C@H]1O[C@@H](n2cnc3c(N)ncnc32)[C@H](O)[C@@H]1OP(=O)(O)O.[Na+].[Na+]. The maximum Gasteiger partial charge on any atom is 1.00 e. The molecular formula is C27H42N7Na2O20P3S. The second kappa shape index (κ2) is 23.8. The van der Waals surface area contributed by atoms with Crippen LogP contribution in [0.3, 0.4) is 0 Å². The van der Waals surface area contributed by atoms with Gasteiger partial charge < -0.3 is 70.2 Å². The molecule has 1 saturated heterocycles. The van der Waals surface area contributed by atoms with Gasteiger partial charge in [-0.05, 0) is 6.92 Å². The number of aliphatic hydroxyl groups excluding tert-OH is 2. The number of imidazole rings is 1. The number of aromatic nitrogens is 4. The summed E-state index contributed by atoms with van der Waals surface area (Å²) in [6, 6.07) is 0. The molecule has 1 fully saturated rings. The number of nitrogen functional groups attached to an aromatic ring is 1. The zero-order valence-corrected chi connectivity index (χ0v) is 40.2. The van der Waals surface area contributed by atoms with Gasteiger partial charge in [-0.25, -0.2) is 23.8 Å². The summed E-state index contributed by atoms with van der Waals surface area (Å²) in [5.74, 6) is -2.89. The fraction of sp³-hybridized carbons (Fsp3) is 0.667. The van der Waals surface area contributed by atoms with Gasteiger partial charge in [-0.15, -0.1) is 0 Å². The molecule has 0 bridgehead atoms. The van der Waals surface area contributed by atoms with E-state index in [1.807, 2.05) is 0 Å². The number of hydrogen-bond donors (Lipinski definition) is 9. The third-order valence-electron chi connectivity index (χ3n) is 7.81. The normalized spacial score (nSPS) is 21.6. The van der Waals surface area contributed by atoms with Gasteiger partial charge in [-0.2, -0.15) is 0 Å². The molecule has 0 saturated carbocycles. The van der Waals surface area contributed by atoms with Crippen molar-refractivity contribution in [2.75, 3.05) is 37.8 Å². The molecule has 3 heterocycles. The number of carboxylic acids is 1. The van der Waals surface area contributed by atoms with Crippen LogP contribution in [-0.2, 0) is 55.5 Å². The summed E-state index contributed by atoms with van der Waals surface area (Å²) in [6.07, 6.45) is -8.49. The number of thioether (sulfide) groups is 1. The van der Waals surface area contributed by atoms with Crippen molar-refractivity contribution >= 4 is 75.1 Å². The molecule has 3 unspecified atom stereocenters. The van der Waals surface area contributed by atoms with Crippen LogP contribution in [0.1, 0.15) is 46.3 Å². The van der Waals surface area contributed by atoms with E-state index >= 15 is 0 Å². The fourth-order valence-electron chi connectivity index (χ4n) is 5.03. The second-order valence-corrected chi connectivity index (χ2v) is 18.8. The Kier molecular flexibility index (Phi) is 22.6. The third kappa shape index (κ3) is 18.2. The van der Waals surface area contributed by atoms with E-state index in [1.165, 1.54) is 20.8 Å². The number of anilines is 1. The number of nitrogens with two attached hydrogens (primary N) is 1. The van der Waals surface area contributed by atoms with E-state index in [4.69, 9.17) is 15.6 Å². The van der Waals surface area contributed by atoms with E-state index in [2.05, 4.69) is 43.5 Å². The van der Waals surface area contributed by atoms with E-state index < -0.39 is 114 Å². The zero-order chi connectivity index (χ0) is 43.9. The number of carbonyl (C=O) groups excluding carboxylic acids is 3. The van der Waals surface area contributed by atoms with Crippen molar-refractivity contribution in [3.63, 3.8) is 0 Å². The minimum absolute atomic E-state index is 0. The first-order valence-corrected chi connectivity index (χ1v) is 22.0. The third-order valence-corrected chi connectivity index (χ3v) is 11.7. The van der Waals surface area contributed by atoms with Gasteiger partial charge in [0.2, 0.25) is 11.8 Å². The van der Waals surface area contributed by atoms with Gasteiger partial charge in [0.05, 0.1) is 31.6 Å². The first-order chi connectivity index (χ1) is 26.6. The van der Waals surface area contributed by atoms with Crippen LogP contribution in [0.25, 0.3) is 11.2 Å². The molecule has 328 valence electrons. The van der Waals surface area contributed by atoms with Gasteiger partial charge >= 0.3 is 72.9 Å².